The van der Waals surface area contributed by atoms with Gasteiger partial charge in [0, 0.05) is 12.2 Å². The van der Waals surface area contributed by atoms with Gasteiger partial charge < -0.3 is 10.2 Å². The minimum atomic E-state index is -0.912. The van der Waals surface area contributed by atoms with Gasteiger partial charge in [0.05, 0.1) is 0 Å². The molecule has 2 aliphatic heterocycles. The largest absolute Gasteiger partial charge is 0.325 e. The zero-order valence-electron chi connectivity index (χ0n) is 15.0. The smallest absolute Gasteiger partial charge is 0.323 e. The van der Waals surface area contributed by atoms with Crippen molar-refractivity contribution in [2.75, 3.05) is 18.0 Å². The van der Waals surface area contributed by atoms with Crippen LogP contribution in [0.3, 0.4) is 0 Å². The summed E-state index contributed by atoms with van der Waals surface area (Å²) in [5.74, 6) is -0.0844. The topological polar surface area (TPSA) is 69.7 Å². The van der Waals surface area contributed by atoms with E-state index in [0.29, 0.717) is 18.9 Å². The molecule has 4 amide bonds. The minimum Gasteiger partial charge on any atom is -0.323 e. The second-order valence-corrected chi connectivity index (χ2v) is 7.51. The van der Waals surface area contributed by atoms with E-state index in [2.05, 4.69) is 19.2 Å². The zero-order valence-corrected chi connectivity index (χ0v) is 15.0. The second kappa shape index (κ2) is 6.50. The molecule has 0 bridgehead atoms. The highest BCUT2D eigenvalue weighted by Gasteiger charge is 2.48. The maximum atomic E-state index is 12.7. The van der Waals surface area contributed by atoms with Crippen LogP contribution >= 0.6 is 0 Å². The minimum absolute atomic E-state index is 0.212. The number of fused-ring (bicyclic) bond motifs is 1. The number of nitrogens with zero attached hydrogens (tertiary/aromatic N) is 2. The third-order valence-corrected chi connectivity index (χ3v) is 5.05. The van der Waals surface area contributed by atoms with Crippen molar-refractivity contribution in [2.24, 2.45) is 5.92 Å². The van der Waals surface area contributed by atoms with Crippen LogP contribution in [0.2, 0.25) is 0 Å². The molecule has 1 saturated heterocycles. The van der Waals surface area contributed by atoms with Crippen molar-refractivity contribution in [3.63, 3.8) is 0 Å². The maximum absolute atomic E-state index is 12.7. The highest BCUT2D eigenvalue weighted by Crippen LogP contribution is 2.29. The standard InChI is InChI=1S/C19H25N3O3/c1-13(2)8-10-19(3)17(24)22(18(25)20-19)12-16(23)21-11-9-14-6-4-5-7-15(14)21/h4-7,13H,8-12H2,1-3H3,(H,20,25). The number of carbonyl (C=O) groups is 3. The molecule has 1 aromatic rings. The Labute approximate surface area is 148 Å². The van der Waals surface area contributed by atoms with Crippen LogP contribution in [0.25, 0.3) is 0 Å². The van der Waals surface area contributed by atoms with Crippen LogP contribution in [0.4, 0.5) is 10.5 Å². The Kier molecular flexibility index (Phi) is 4.54. The van der Waals surface area contributed by atoms with Crippen molar-refractivity contribution in [3.05, 3.63) is 29.8 Å². The predicted molar refractivity (Wildman–Crippen MR) is 95.2 cm³/mol. The quantitative estimate of drug-likeness (QED) is 0.834. The molecule has 0 saturated carbocycles. The van der Waals surface area contributed by atoms with E-state index in [1.54, 1.807) is 11.8 Å². The van der Waals surface area contributed by atoms with Gasteiger partial charge in [0.15, 0.2) is 0 Å². The molecule has 1 aromatic carbocycles. The summed E-state index contributed by atoms with van der Waals surface area (Å²) in [6.45, 7) is 6.28. The van der Waals surface area contributed by atoms with E-state index >= 15 is 0 Å². The van der Waals surface area contributed by atoms with Crippen LogP contribution in [0.5, 0.6) is 0 Å². The van der Waals surface area contributed by atoms with Crippen molar-refractivity contribution in [1.82, 2.24) is 10.2 Å². The Morgan fingerprint density at radius 3 is 2.72 bits per heavy atom. The third-order valence-electron chi connectivity index (χ3n) is 5.05. The molecule has 3 rings (SSSR count). The van der Waals surface area contributed by atoms with E-state index in [9.17, 15) is 14.4 Å². The number of hydrogen-bond donors (Lipinski definition) is 1. The molecule has 0 aliphatic carbocycles. The lowest BCUT2D eigenvalue weighted by atomic mass is 9.92. The number of rotatable bonds is 5. The first kappa shape index (κ1) is 17.5. The maximum Gasteiger partial charge on any atom is 0.325 e. The van der Waals surface area contributed by atoms with Crippen LogP contribution in [-0.2, 0) is 16.0 Å². The normalized spacial score (nSPS) is 22.6. The molecule has 25 heavy (non-hydrogen) atoms. The summed E-state index contributed by atoms with van der Waals surface area (Å²) >= 11 is 0. The summed E-state index contributed by atoms with van der Waals surface area (Å²) in [7, 11) is 0. The van der Waals surface area contributed by atoms with Crippen molar-refractivity contribution in [1.29, 1.82) is 0 Å². The molecule has 2 heterocycles. The Morgan fingerprint density at radius 1 is 1.28 bits per heavy atom. The average Bonchev–Trinajstić information content (AvgIpc) is 3.08. The molecule has 1 fully saturated rings. The zero-order chi connectivity index (χ0) is 18.2. The van der Waals surface area contributed by atoms with Crippen LogP contribution in [-0.4, -0.2) is 41.4 Å². The summed E-state index contributed by atoms with van der Waals surface area (Å²) in [5, 5.41) is 2.77. The molecule has 0 spiro atoms. The second-order valence-electron chi connectivity index (χ2n) is 7.51. The van der Waals surface area contributed by atoms with Crippen molar-refractivity contribution in [2.45, 2.75) is 45.6 Å². The molecule has 0 aromatic heterocycles. The lowest BCUT2D eigenvalue weighted by molar-refractivity contribution is -0.134. The molecule has 6 heteroatoms. The lowest BCUT2D eigenvalue weighted by Crippen LogP contribution is -2.45. The summed E-state index contributed by atoms with van der Waals surface area (Å²) in [6.07, 6.45) is 2.21. The average molecular weight is 343 g/mol. The van der Waals surface area contributed by atoms with Crippen molar-refractivity contribution in [3.8, 4) is 0 Å². The fourth-order valence-corrected chi connectivity index (χ4v) is 3.46. The number of imide groups is 1. The van der Waals surface area contributed by atoms with Gasteiger partial charge in [-0.1, -0.05) is 32.0 Å². The highest BCUT2D eigenvalue weighted by atomic mass is 16.2. The van der Waals surface area contributed by atoms with Gasteiger partial charge in [-0.2, -0.15) is 0 Å². The van der Waals surface area contributed by atoms with Crippen LogP contribution in [0.15, 0.2) is 24.3 Å². The van der Waals surface area contributed by atoms with E-state index < -0.39 is 11.6 Å². The predicted octanol–water partition coefficient (Wildman–Crippen LogP) is 2.32. The van der Waals surface area contributed by atoms with Crippen LogP contribution in [0.1, 0.15) is 39.2 Å². The summed E-state index contributed by atoms with van der Waals surface area (Å²) in [6, 6.07) is 7.26. The van der Waals surface area contributed by atoms with Gasteiger partial charge >= 0.3 is 6.03 Å². The van der Waals surface area contributed by atoms with Crippen molar-refractivity contribution < 1.29 is 14.4 Å². The number of urea groups is 1. The van der Waals surface area contributed by atoms with Gasteiger partial charge in [-0.05, 0) is 43.7 Å². The van der Waals surface area contributed by atoms with Gasteiger partial charge in [0.25, 0.3) is 5.91 Å². The van der Waals surface area contributed by atoms with Crippen LogP contribution < -0.4 is 10.2 Å². The van der Waals surface area contributed by atoms with Crippen LogP contribution in [0, 0.1) is 5.92 Å². The Balaban J connectivity index is 1.70. The Morgan fingerprint density at radius 2 is 2.00 bits per heavy atom. The highest BCUT2D eigenvalue weighted by molar-refractivity contribution is 6.10. The monoisotopic (exact) mass is 343 g/mol. The van der Waals surface area contributed by atoms with Gasteiger partial charge in [-0.15, -0.1) is 0 Å². The first-order valence-electron chi connectivity index (χ1n) is 8.84. The number of carbonyl (C=O) groups excluding carboxylic acids is 3. The Hall–Kier alpha value is -2.37. The molecule has 1 N–H and O–H groups in total. The molecule has 0 radical (unpaired) electrons. The van der Waals surface area contributed by atoms with E-state index in [1.807, 2.05) is 24.3 Å². The third kappa shape index (κ3) is 3.25. The number of amides is 4. The number of hydrogen-bond acceptors (Lipinski definition) is 3. The van der Waals surface area contributed by atoms with Gasteiger partial charge in [-0.3, -0.25) is 14.5 Å². The van der Waals surface area contributed by atoms with E-state index in [1.165, 1.54) is 0 Å². The SMILES string of the molecule is CC(C)CCC1(C)NC(=O)N(CC(=O)N2CCc3ccccc32)C1=O. The number of nitrogens with one attached hydrogen (secondary N) is 1. The van der Waals surface area contributed by atoms with Gasteiger partial charge in [0.2, 0.25) is 5.91 Å². The van der Waals surface area contributed by atoms with Crippen molar-refractivity contribution >= 4 is 23.5 Å². The summed E-state index contributed by atoms with van der Waals surface area (Å²) < 4.78 is 0. The first-order chi connectivity index (χ1) is 11.8. The first-order valence-corrected chi connectivity index (χ1v) is 8.84. The molecule has 1 unspecified atom stereocenters. The van der Waals surface area contributed by atoms with Gasteiger partial charge in [0.1, 0.15) is 12.1 Å². The van der Waals surface area contributed by atoms with E-state index in [-0.39, 0.29) is 18.4 Å². The van der Waals surface area contributed by atoms with Gasteiger partial charge in [-0.25, -0.2) is 4.79 Å². The Bertz CT molecular complexity index is 716. The number of benzene rings is 1. The van der Waals surface area contributed by atoms with E-state index in [0.717, 1.165) is 29.0 Å². The fraction of sp³-hybridized carbons (Fsp3) is 0.526. The molecule has 2 aliphatic rings. The number of para-hydroxylation sites is 1. The summed E-state index contributed by atoms with van der Waals surface area (Å²) in [5.41, 5.74) is 1.09. The summed E-state index contributed by atoms with van der Waals surface area (Å²) in [4.78, 5) is 40.4. The lowest BCUT2D eigenvalue weighted by Gasteiger charge is -2.23. The molecule has 134 valence electrons. The fourth-order valence-electron chi connectivity index (χ4n) is 3.46. The molecule has 6 nitrogen and oxygen atoms in total. The molecular formula is C19H25N3O3. The van der Waals surface area contributed by atoms with E-state index in [4.69, 9.17) is 0 Å². The molecular weight excluding hydrogens is 318 g/mol. The molecule has 1 atom stereocenters. The number of anilines is 1.